The molecule has 4 rings (SSSR count). The molecule has 0 aliphatic carbocycles. The maximum absolute atomic E-state index is 12.6. The first kappa shape index (κ1) is 19.8. The standard InChI is InChI=1S/C23H16N4OS2/c1-29-22-19(6-3-11-25-22)21(28)27-23-26-20(14-30-23)18-5-2-4-17(12-18)16-9-7-15(13-24)8-10-16/h2-12,14H,1H3,(H,26,27,28). The first-order chi connectivity index (χ1) is 14.7. The first-order valence-corrected chi connectivity index (χ1v) is 11.2. The molecule has 0 saturated carbocycles. The Morgan fingerprint density at radius 1 is 1.07 bits per heavy atom. The molecule has 2 aromatic carbocycles. The molecule has 2 heterocycles. The van der Waals surface area contributed by atoms with Crippen LogP contribution in [0, 0.1) is 11.3 Å². The number of carbonyl (C=O) groups is 1. The number of thiazole rings is 1. The number of benzene rings is 2. The number of pyridine rings is 1. The second-order valence-electron chi connectivity index (χ2n) is 6.32. The number of hydrogen-bond acceptors (Lipinski definition) is 6. The Bertz CT molecular complexity index is 1240. The summed E-state index contributed by atoms with van der Waals surface area (Å²) in [6, 6.07) is 21.1. The summed E-state index contributed by atoms with van der Waals surface area (Å²) in [5.74, 6) is -0.223. The van der Waals surface area contributed by atoms with Crippen molar-refractivity contribution in [1.29, 1.82) is 5.26 Å². The number of thioether (sulfide) groups is 1. The largest absolute Gasteiger partial charge is 0.298 e. The van der Waals surface area contributed by atoms with Crippen molar-refractivity contribution in [1.82, 2.24) is 9.97 Å². The molecular formula is C23H16N4OS2. The van der Waals surface area contributed by atoms with Crippen LogP contribution in [0.5, 0.6) is 0 Å². The van der Waals surface area contributed by atoms with Gasteiger partial charge < -0.3 is 0 Å². The molecule has 0 bridgehead atoms. The molecule has 0 aliphatic rings. The molecule has 1 amide bonds. The lowest BCUT2D eigenvalue weighted by molar-refractivity contribution is 0.102. The van der Waals surface area contributed by atoms with E-state index >= 15 is 0 Å². The van der Waals surface area contributed by atoms with Gasteiger partial charge in [0.2, 0.25) is 0 Å². The molecular weight excluding hydrogens is 412 g/mol. The Morgan fingerprint density at radius 3 is 2.63 bits per heavy atom. The fourth-order valence-electron chi connectivity index (χ4n) is 2.95. The van der Waals surface area contributed by atoms with E-state index < -0.39 is 0 Å². The van der Waals surface area contributed by atoms with Gasteiger partial charge >= 0.3 is 0 Å². The predicted molar refractivity (Wildman–Crippen MR) is 122 cm³/mol. The average Bonchev–Trinajstić information content (AvgIpc) is 3.27. The van der Waals surface area contributed by atoms with Crippen LogP contribution in [-0.2, 0) is 0 Å². The fraction of sp³-hybridized carbons (Fsp3) is 0.0435. The molecule has 0 radical (unpaired) electrons. The maximum Gasteiger partial charge on any atom is 0.260 e. The minimum atomic E-state index is -0.223. The van der Waals surface area contributed by atoms with E-state index in [1.807, 2.05) is 42.0 Å². The van der Waals surface area contributed by atoms with E-state index in [1.165, 1.54) is 23.1 Å². The zero-order valence-corrected chi connectivity index (χ0v) is 17.6. The highest BCUT2D eigenvalue weighted by molar-refractivity contribution is 7.98. The SMILES string of the molecule is CSc1ncccc1C(=O)Nc1nc(-c2cccc(-c3ccc(C#N)cc3)c2)cs1. The van der Waals surface area contributed by atoms with Crippen LogP contribution in [0.3, 0.4) is 0 Å². The molecule has 7 heteroatoms. The second-order valence-corrected chi connectivity index (χ2v) is 7.98. The van der Waals surface area contributed by atoms with Crippen molar-refractivity contribution in [2.24, 2.45) is 0 Å². The molecule has 0 aliphatic heterocycles. The van der Waals surface area contributed by atoms with Gasteiger partial charge in [0.1, 0.15) is 5.03 Å². The lowest BCUT2D eigenvalue weighted by Gasteiger charge is -2.05. The molecule has 30 heavy (non-hydrogen) atoms. The van der Waals surface area contributed by atoms with Gasteiger partial charge in [0.25, 0.3) is 5.91 Å². The fourth-order valence-corrected chi connectivity index (χ4v) is 4.21. The van der Waals surface area contributed by atoms with Gasteiger partial charge in [-0.25, -0.2) is 9.97 Å². The summed E-state index contributed by atoms with van der Waals surface area (Å²) >= 11 is 2.81. The van der Waals surface area contributed by atoms with Crippen molar-refractivity contribution in [2.75, 3.05) is 11.6 Å². The van der Waals surface area contributed by atoms with Crippen molar-refractivity contribution in [2.45, 2.75) is 5.03 Å². The maximum atomic E-state index is 12.6. The predicted octanol–water partition coefficient (Wildman–Crippen LogP) is 5.72. The third-order valence-corrected chi connectivity index (χ3v) is 5.91. The number of aromatic nitrogens is 2. The lowest BCUT2D eigenvalue weighted by Crippen LogP contribution is -2.13. The summed E-state index contributed by atoms with van der Waals surface area (Å²) in [6.07, 6.45) is 3.56. The van der Waals surface area contributed by atoms with Crippen molar-refractivity contribution in [3.63, 3.8) is 0 Å². The zero-order valence-electron chi connectivity index (χ0n) is 16.0. The number of nitrogens with one attached hydrogen (secondary N) is 1. The summed E-state index contributed by atoms with van der Waals surface area (Å²) in [5, 5.41) is 15.0. The normalized spacial score (nSPS) is 10.4. The minimum Gasteiger partial charge on any atom is -0.298 e. The van der Waals surface area contributed by atoms with Crippen LogP contribution in [-0.4, -0.2) is 22.1 Å². The second kappa shape index (κ2) is 8.91. The number of nitrogens with zero attached hydrogens (tertiary/aromatic N) is 3. The molecule has 0 fully saturated rings. The number of rotatable bonds is 5. The van der Waals surface area contributed by atoms with Gasteiger partial charge in [-0.05, 0) is 47.7 Å². The Labute approximate surface area is 182 Å². The number of carbonyl (C=O) groups excluding carboxylic acids is 1. The summed E-state index contributed by atoms with van der Waals surface area (Å²) in [7, 11) is 0. The van der Waals surface area contributed by atoms with Gasteiger partial charge in [-0.2, -0.15) is 5.26 Å². The van der Waals surface area contributed by atoms with Crippen LogP contribution in [0.1, 0.15) is 15.9 Å². The Balaban J connectivity index is 1.55. The van der Waals surface area contributed by atoms with Crippen molar-refractivity contribution in [3.8, 4) is 28.5 Å². The van der Waals surface area contributed by atoms with E-state index in [0.29, 0.717) is 21.3 Å². The Kier molecular flexibility index (Phi) is 5.89. The molecule has 146 valence electrons. The van der Waals surface area contributed by atoms with Gasteiger partial charge in [0.05, 0.1) is 22.9 Å². The van der Waals surface area contributed by atoms with E-state index in [9.17, 15) is 4.79 Å². The summed E-state index contributed by atoms with van der Waals surface area (Å²) in [6.45, 7) is 0. The van der Waals surface area contributed by atoms with E-state index in [-0.39, 0.29) is 5.91 Å². The number of nitriles is 1. The third-order valence-electron chi connectivity index (χ3n) is 4.44. The van der Waals surface area contributed by atoms with Crippen molar-refractivity contribution < 1.29 is 4.79 Å². The van der Waals surface area contributed by atoms with Gasteiger partial charge in [-0.3, -0.25) is 10.1 Å². The third kappa shape index (κ3) is 4.25. The molecule has 5 nitrogen and oxygen atoms in total. The molecule has 4 aromatic rings. The lowest BCUT2D eigenvalue weighted by atomic mass is 10.0. The van der Waals surface area contributed by atoms with Crippen LogP contribution < -0.4 is 5.32 Å². The topological polar surface area (TPSA) is 78.7 Å². The smallest absolute Gasteiger partial charge is 0.260 e. The summed E-state index contributed by atoms with van der Waals surface area (Å²) < 4.78 is 0. The number of anilines is 1. The highest BCUT2D eigenvalue weighted by Gasteiger charge is 2.14. The summed E-state index contributed by atoms with van der Waals surface area (Å²) in [4.78, 5) is 21.4. The first-order valence-electron chi connectivity index (χ1n) is 9.05. The van der Waals surface area contributed by atoms with E-state index in [4.69, 9.17) is 5.26 Å². The zero-order chi connectivity index (χ0) is 20.9. The van der Waals surface area contributed by atoms with Crippen LogP contribution in [0.15, 0.2) is 77.3 Å². The van der Waals surface area contributed by atoms with Crippen LogP contribution in [0.2, 0.25) is 0 Å². The van der Waals surface area contributed by atoms with E-state index in [2.05, 4.69) is 27.4 Å². The molecule has 0 unspecified atom stereocenters. The highest BCUT2D eigenvalue weighted by atomic mass is 32.2. The van der Waals surface area contributed by atoms with Gasteiger partial charge in [-0.1, -0.05) is 30.3 Å². The number of amides is 1. The molecule has 2 aromatic heterocycles. The quantitative estimate of drug-likeness (QED) is 0.411. The minimum absolute atomic E-state index is 0.223. The van der Waals surface area contributed by atoms with Crippen LogP contribution in [0.25, 0.3) is 22.4 Å². The van der Waals surface area contributed by atoms with Crippen molar-refractivity contribution in [3.05, 3.63) is 83.4 Å². The van der Waals surface area contributed by atoms with Crippen LogP contribution in [0.4, 0.5) is 5.13 Å². The van der Waals surface area contributed by atoms with Gasteiger partial charge in [0.15, 0.2) is 5.13 Å². The highest BCUT2D eigenvalue weighted by Crippen LogP contribution is 2.29. The van der Waals surface area contributed by atoms with E-state index in [1.54, 1.807) is 30.5 Å². The van der Waals surface area contributed by atoms with Gasteiger partial charge in [-0.15, -0.1) is 23.1 Å². The Morgan fingerprint density at radius 2 is 1.87 bits per heavy atom. The summed E-state index contributed by atoms with van der Waals surface area (Å²) in [5.41, 5.74) is 4.98. The van der Waals surface area contributed by atoms with Gasteiger partial charge in [0, 0.05) is 17.1 Å². The molecule has 0 saturated heterocycles. The molecule has 0 atom stereocenters. The van der Waals surface area contributed by atoms with Crippen molar-refractivity contribution >= 4 is 34.1 Å². The van der Waals surface area contributed by atoms with Crippen LogP contribution >= 0.6 is 23.1 Å². The van der Waals surface area contributed by atoms with E-state index in [0.717, 1.165) is 22.4 Å². The Hall–Kier alpha value is -3.47. The molecule has 0 spiro atoms. The number of hydrogen-bond donors (Lipinski definition) is 1. The average molecular weight is 429 g/mol. The molecule has 1 N–H and O–H groups in total. The monoisotopic (exact) mass is 428 g/mol.